The van der Waals surface area contributed by atoms with Crippen molar-refractivity contribution in [2.45, 2.75) is 0 Å². The van der Waals surface area contributed by atoms with Gasteiger partial charge in [0.2, 0.25) is 0 Å². The minimum absolute atomic E-state index is 1.25. The Morgan fingerprint density at radius 2 is 0.787 bits per heavy atom. The lowest BCUT2D eigenvalue weighted by Crippen LogP contribution is -1.90. The van der Waals surface area contributed by atoms with Crippen molar-refractivity contribution in [1.29, 1.82) is 0 Å². The van der Waals surface area contributed by atoms with Crippen molar-refractivity contribution in [3.8, 4) is 33.4 Å². The Morgan fingerprint density at radius 1 is 0.277 bits per heavy atom. The van der Waals surface area contributed by atoms with Crippen LogP contribution in [-0.4, -0.2) is 0 Å². The molecule has 0 atom stereocenters. The van der Waals surface area contributed by atoms with Crippen LogP contribution in [0.5, 0.6) is 0 Å². The molecule has 0 bridgehead atoms. The smallest absolute Gasteiger partial charge is 0.0434 e. The van der Waals surface area contributed by atoms with E-state index in [0.29, 0.717) is 0 Å². The zero-order valence-electron chi connectivity index (χ0n) is 25.6. The van der Waals surface area contributed by atoms with Crippen molar-refractivity contribution in [3.05, 3.63) is 170 Å². The second kappa shape index (κ2) is 10.4. The van der Waals surface area contributed by atoms with Crippen LogP contribution in [0.1, 0.15) is 0 Å². The van der Waals surface area contributed by atoms with Crippen LogP contribution >= 0.6 is 11.3 Å². The highest BCUT2D eigenvalue weighted by atomic mass is 32.1. The van der Waals surface area contributed by atoms with E-state index in [2.05, 4.69) is 170 Å². The molecule has 10 aromatic rings. The quantitative estimate of drug-likeness (QED) is 0.174. The topological polar surface area (TPSA) is 0 Å². The molecule has 218 valence electrons. The van der Waals surface area contributed by atoms with Gasteiger partial charge in [-0.15, -0.1) is 11.3 Å². The average Bonchev–Trinajstić information content (AvgIpc) is 3.53. The first kappa shape index (κ1) is 26.5. The second-order valence-electron chi connectivity index (χ2n) is 12.4. The Morgan fingerprint density at radius 3 is 1.49 bits per heavy atom. The van der Waals surface area contributed by atoms with E-state index in [1.807, 2.05) is 11.3 Å². The van der Waals surface area contributed by atoms with Gasteiger partial charge in [0, 0.05) is 20.2 Å². The molecule has 0 spiro atoms. The summed E-state index contributed by atoms with van der Waals surface area (Å²) in [6.45, 7) is 0. The largest absolute Gasteiger partial charge is 0.134 e. The molecule has 0 saturated carbocycles. The normalized spacial score (nSPS) is 11.8. The molecule has 0 nitrogen and oxygen atoms in total. The summed E-state index contributed by atoms with van der Waals surface area (Å²) in [5, 5.41) is 12.9. The predicted molar refractivity (Wildman–Crippen MR) is 206 cm³/mol. The minimum Gasteiger partial charge on any atom is -0.134 e. The first-order chi connectivity index (χ1) is 23.3. The third-order valence-electron chi connectivity index (χ3n) is 9.82. The zero-order chi connectivity index (χ0) is 30.9. The van der Waals surface area contributed by atoms with Crippen molar-refractivity contribution in [2.24, 2.45) is 0 Å². The van der Waals surface area contributed by atoms with Gasteiger partial charge in [0.05, 0.1) is 0 Å². The lowest BCUT2D eigenvalue weighted by molar-refractivity contribution is 1.66. The molecule has 0 amide bonds. The van der Waals surface area contributed by atoms with Crippen LogP contribution in [0.15, 0.2) is 170 Å². The number of thiophene rings is 1. The van der Waals surface area contributed by atoms with Crippen molar-refractivity contribution in [3.63, 3.8) is 0 Å². The lowest BCUT2D eigenvalue weighted by atomic mass is 9.85. The van der Waals surface area contributed by atoms with E-state index in [1.165, 1.54) is 96.6 Å². The zero-order valence-corrected chi connectivity index (χ0v) is 26.4. The maximum Gasteiger partial charge on any atom is 0.0434 e. The molecular weight excluding hydrogens is 585 g/mol. The Hall–Kier alpha value is -5.76. The molecule has 0 aliphatic carbocycles. The van der Waals surface area contributed by atoms with E-state index < -0.39 is 0 Å². The number of hydrogen-bond donors (Lipinski definition) is 0. The molecule has 0 fully saturated rings. The van der Waals surface area contributed by atoms with Gasteiger partial charge in [0.25, 0.3) is 0 Å². The van der Waals surface area contributed by atoms with Crippen LogP contribution in [0, 0.1) is 0 Å². The summed E-state index contributed by atoms with van der Waals surface area (Å²) in [7, 11) is 0. The summed E-state index contributed by atoms with van der Waals surface area (Å²) >= 11 is 1.92. The maximum atomic E-state index is 2.38. The highest BCUT2D eigenvalue weighted by Crippen LogP contribution is 2.45. The molecule has 1 heterocycles. The van der Waals surface area contributed by atoms with Gasteiger partial charge in [0.15, 0.2) is 0 Å². The summed E-state index contributed by atoms with van der Waals surface area (Å²) in [6, 6.07) is 62.6. The molecule has 0 saturated heterocycles. The van der Waals surface area contributed by atoms with E-state index in [-0.39, 0.29) is 0 Å². The van der Waals surface area contributed by atoms with Gasteiger partial charge in [-0.3, -0.25) is 0 Å². The van der Waals surface area contributed by atoms with Gasteiger partial charge in [-0.1, -0.05) is 158 Å². The molecule has 0 aliphatic rings. The maximum absolute atomic E-state index is 2.38. The van der Waals surface area contributed by atoms with Gasteiger partial charge in [-0.05, 0) is 88.6 Å². The monoisotopic (exact) mass is 612 g/mol. The SMILES string of the molecule is c1ccc(-c2c3ccccc3c(-c3ccc4cc(-c5cccc6c5sc5c7ccccc7ccc65)ccc4c3)c3ccccc23)cc1. The number of benzene rings is 9. The highest BCUT2D eigenvalue weighted by molar-refractivity contribution is 7.27. The Bertz CT molecular complexity index is 2780. The molecule has 9 aromatic carbocycles. The fourth-order valence-electron chi connectivity index (χ4n) is 7.68. The first-order valence-electron chi connectivity index (χ1n) is 16.2. The van der Waals surface area contributed by atoms with E-state index in [0.717, 1.165) is 0 Å². The predicted octanol–water partition coefficient (Wildman–Crippen LogP) is 13.7. The summed E-state index contributed by atoms with van der Waals surface area (Å²) in [4.78, 5) is 0. The Kier molecular flexibility index (Phi) is 5.85. The molecule has 0 N–H and O–H groups in total. The van der Waals surface area contributed by atoms with Gasteiger partial charge < -0.3 is 0 Å². The third kappa shape index (κ3) is 4.07. The van der Waals surface area contributed by atoms with E-state index in [9.17, 15) is 0 Å². The van der Waals surface area contributed by atoms with Gasteiger partial charge in [0.1, 0.15) is 0 Å². The molecular formula is C46H28S. The fraction of sp³-hybridized carbons (Fsp3) is 0. The number of rotatable bonds is 3. The summed E-state index contributed by atoms with van der Waals surface area (Å²) in [5.74, 6) is 0. The Balaban J connectivity index is 1.15. The molecule has 10 rings (SSSR count). The Labute approximate surface area is 276 Å². The molecule has 0 radical (unpaired) electrons. The highest BCUT2D eigenvalue weighted by Gasteiger charge is 2.17. The van der Waals surface area contributed by atoms with E-state index in [1.54, 1.807) is 0 Å². The number of hydrogen-bond acceptors (Lipinski definition) is 1. The van der Waals surface area contributed by atoms with Crippen molar-refractivity contribution in [2.75, 3.05) is 0 Å². The van der Waals surface area contributed by atoms with Crippen LogP contribution < -0.4 is 0 Å². The first-order valence-corrected chi connectivity index (χ1v) is 17.0. The average molecular weight is 613 g/mol. The summed E-state index contributed by atoms with van der Waals surface area (Å²) in [6.07, 6.45) is 0. The molecule has 0 aliphatic heterocycles. The van der Waals surface area contributed by atoms with Crippen LogP contribution in [-0.2, 0) is 0 Å². The van der Waals surface area contributed by atoms with Crippen LogP contribution in [0.25, 0.3) is 96.6 Å². The minimum atomic E-state index is 1.25. The second-order valence-corrected chi connectivity index (χ2v) is 13.5. The lowest BCUT2D eigenvalue weighted by Gasteiger charge is -2.18. The van der Waals surface area contributed by atoms with E-state index >= 15 is 0 Å². The van der Waals surface area contributed by atoms with E-state index in [4.69, 9.17) is 0 Å². The van der Waals surface area contributed by atoms with Crippen LogP contribution in [0.4, 0.5) is 0 Å². The molecule has 1 heteroatoms. The van der Waals surface area contributed by atoms with Crippen molar-refractivity contribution in [1.82, 2.24) is 0 Å². The third-order valence-corrected chi connectivity index (χ3v) is 11.1. The van der Waals surface area contributed by atoms with Crippen molar-refractivity contribution >= 4 is 74.6 Å². The van der Waals surface area contributed by atoms with Crippen LogP contribution in [0.2, 0.25) is 0 Å². The van der Waals surface area contributed by atoms with Gasteiger partial charge in [-0.25, -0.2) is 0 Å². The van der Waals surface area contributed by atoms with Gasteiger partial charge in [-0.2, -0.15) is 0 Å². The van der Waals surface area contributed by atoms with Crippen molar-refractivity contribution < 1.29 is 0 Å². The van der Waals surface area contributed by atoms with Gasteiger partial charge >= 0.3 is 0 Å². The summed E-state index contributed by atoms with van der Waals surface area (Å²) < 4.78 is 2.72. The molecule has 47 heavy (non-hydrogen) atoms. The molecule has 1 aromatic heterocycles. The standard InChI is InChI=1S/C46H28S/c1-2-12-30(13-3-1)43-37-15-6-8-17-39(37)44(40-18-9-7-16-38(40)43)34-24-22-31-27-33(23-21-32(31)28-34)36-19-10-20-41-42-26-25-29-11-4-5-14-35(29)45(42)47-46(36)41/h1-28H. The number of fused-ring (bicyclic) bond motifs is 8. The molecule has 0 unspecified atom stereocenters. The summed E-state index contributed by atoms with van der Waals surface area (Å²) in [5.41, 5.74) is 7.65. The fourth-order valence-corrected chi connectivity index (χ4v) is 9.05. The van der Waals surface area contributed by atoms with Crippen LogP contribution in [0.3, 0.4) is 0 Å².